The van der Waals surface area contributed by atoms with Crippen LogP contribution in [0, 0.1) is 0 Å². The number of hydrogen-bond donors (Lipinski definition) is 1. The molecule has 0 saturated heterocycles. The van der Waals surface area contributed by atoms with Gasteiger partial charge in [0.15, 0.2) is 5.78 Å². The highest BCUT2D eigenvalue weighted by atomic mass is 16.1. The smallest absolute Gasteiger partial charge is 0.291 e. The maximum atomic E-state index is 12.8. The van der Waals surface area contributed by atoms with Crippen LogP contribution in [-0.2, 0) is 6.54 Å². The van der Waals surface area contributed by atoms with Gasteiger partial charge in [-0.15, -0.1) is 0 Å². The highest BCUT2D eigenvalue weighted by Crippen LogP contribution is 2.26. The number of aryl methyl sites for hydroxylation is 1. The van der Waals surface area contributed by atoms with Gasteiger partial charge in [-0.2, -0.15) is 5.10 Å². The molecule has 0 atom stereocenters. The molecule has 0 aliphatic heterocycles. The molecular formula is C18H17N5O2. The summed E-state index contributed by atoms with van der Waals surface area (Å²) in [5.74, 6) is -0.252. The average molecular weight is 335 g/mol. The molecule has 1 N–H and O–H groups in total. The highest BCUT2D eigenvalue weighted by molar-refractivity contribution is 6.05. The van der Waals surface area contributed by atoms with Gasteiger partial charge in [-0.05, 0) is 38.1 Å². The van der Waals surface area contributed by atoms with Gasteiger partial charge in [0.2, 0.25) is 0 Å². The van der Waals surface area contributed by atoms with Crippen LogP contribution < -0.4 is 10.9 Å². The number of pyridine rings is 2. The third kappa shape index (κ3) is 3.30. The number of anilines is 2. The number of rotatable bonds is 5. The zero-order valence-electron chi connectivity index (χ0n) is 13.9. The fourth-order valence-corrected chi connectivity index (χ4v) is 2.53. The Bertz CT molecular complexity index is 952. The van der Waals surface area contributed by atoms with Crippen LogP contribution in [0.25, 0.3) is 11.3 Å². The van der Waals surface area contributed by atoms with Crippen LogP contribution in [0.3, 0.4) is 0 Å². The van der Waals surface area contributed by atoms with Crippen molar-refractivity contribution in [3.63, 3.8) is 0 Å². The van der Waals surface area contributed by atoms with Crippen molar-refractivity contribution < 1.29 is 4.79 Å². The van der Waals surface area contributed by atoms with Gasteiger partial charge in [0, 0.05) is 30.7 Å². The lowest BCUT2D eigenvalue weighted by Gasteiger charge is -2.15. The van der Waals surface area contributed by atoms with E-state index < -0.39 is 0 Å². The summed E-state index contributed by atoms with van der Waals surface area (Å²) in [6.07, 6.45) is 6.48. The minimum atomic E-state index is -0.357. The van der Waals surface area contributed by atoms with E-state index in [9.17, 15) is 9.59 Å². The van der Waals surface area contributed by atoms with E-state index in [0.29, 0.717) is 23.5 Å². The topological polar surface area (TPSA) is 89.8 Å². The fraction of sp³-hybridized carbons (Fsp3) is 0.167. The molecule has 0 aliphatic rings. The molecular weight excluding hydrogens is 318 g/mol. The fourth-order valence-electron chi connectivity index (χ4n) is 2.53. The lowest BCUT2D eigenvalue weighted by Crippen LogP contribution is -2.28. The van der Waals surface area contributed by atoms with Crippen molar-refractivity contribution in [3.8, 4) is 11.3 Å². The molecule has 0 aliphatic carbocycles. The number of nitrogens with one attached hydrogen (secondary N) is 1. The molecule has 126 valence electrons. The summed E-state index contributed by atoms with van der Waals surface area (Å²) in [4.78, 5) is 33.2. The molecule has 0 saturated carbocycles. The van der Waals surface area contributed by atoms with Crippen LogP contribution in [0.2, 0.25) is 0 Å². The Morgan fingerprint density at radius 3 is 2.44 bits per heavy atom. The third-order valence-corrected chi connectivity index (χ3v) is 3.67. The second-order valence-electron chi connectivity index (χ2n) is 5.38. The van der Waals surface area contributed by atoms with Gasteiger partial charge in [-0.25, -0.2) is 4.68 Å². The first kappa shape index (κ1) is 16.5. The second kappa shape index (κ2) is 7.04. The van der Waals surface area contributed by atoms with Crippen LogP contribution in [0.15, 0.2) is 53.8 Å². The van der Waals surface area contributed by atoms with Gasteiger partial charge in [-0.3, -0.25) is 19.6 Å². The second-order valence-corrected chi connectivity index (χ2v) is 5.38. The summed E-state index contributed by atoms with van der Waals surface area (Å²) in [5.41, 5.74) is 1.79. The maximum absolute atomic E-state index is 12.8. The predicted octanol–water partition coefficient (Wildman–Crippen LogP) is 2.67. The van der Waals surface area contributed by atoms with Crippen molar-refractivity contribution in [1.29, 1.82) is 0 Å². The van der Waals surface area contributed by atoms with Crippen LogP contribution in [0.5, 0.6) is 0 Å². The lowest BCUT2D eigenvalue weighted by molar-refractivity contribution is 0.101. The van der Waals surface area contributed by atoms with E-state index in [4.69, 9.17) is 0 Å². The Hall–Kier alpha value is -3.35. The normalized spacial score (nSPS) is 10.5. The van der Waals surface area contributed by atoms with Crippen molar-refractivity contribution in [3.05, 3.63) is 65.0 Å². The van der Waals surface area contributed by atoms with Crippen molar-refractivity contribution in [2.45, 2.75) is 20.4 Å². The summed E-state index contributed by atoms with van der Waals surface area (Å²) in [7, 11) is 0. The Balaban J connectivity index is 2.28. The zero-order valence-corrected chi connectivity index (χ0v) is 13.9. The van der Waals surface area contributed by atoms with Gasteiger partial charge in [0.25, 0.3) is 5.56 Å². The Morgan fingerprint density at radius 1 is 1.16 bits per heavy atom. The van der Waals surface area contributed by atoms with Gasteiger partial charge < -0.3 is 5.32 Å². The molecule has 7 nitrogen and oxygen atoms in total. The van der Waals surface area contributed by atoms with Gasteiger partial charge in [-0.1, -0.05) is 0 Å². The predicted molar refractivity (Wildman–Crippen MR) is 94.9 cm³/mol. The number of carbonyl (C=O) groups is 1. The first-order valence-electron chi connectivity index (χ1n) is 7.85. The van der Waals surface area contributed by atoms with Crippen molar-refractivity contribution in [2.75, 3.05) is 5.32 Å². The summed E-state index contributed by atoms with van der Waals surface area (Å²) in [5, 5.41) is 7.40. The molecule has 7 heteroatoms. The molecule has 0 fully saturated rings. The SMILES string of the molecule is CCn1nc(-c2cccnc2)c(C(C)=O)c(Nc2cccnc2)c1=O. The van der Waals surface area contributed by atoms with Gasteiger partial charge in [0.1, 0.15) is 11.4 Å². The number of nitrogens with zero attached hydrogens (tertiary/aromatic N) is 4. The van der Waals surface area contributed by atoms with Crippen LogP contribution >= 0.6 is 0 Å². The third-order valence-electron chi connectivity index (χ3n) is 3.67. The minimum absolute atomic E-state index is 0.191. The van der Waals surface area contributed by atoms with Crippen molar-refractivity contribution >= 4 is 17.2 Å². The maximum Gasteiger partial charge on any atom is 0.291 e. The van der Waals surface area contributed by atoms with E-state index in [0.717, 1.165) is 0 Å². The first-order valence-corrected chi connectivity index (χ1v) is 7.85. The number of aromatic nitrogens is 4. The van der Waals surface area contributed by atoms with E-state index in [1.54, 1.807) is 49.1 Å². The first-order chi connectivity index (χ1) is 12.1. The van der Waals surface area contributed by atoms with Crippen LogP contribution in [-0.4, -0.2) is 25.5 Å². The van der Waals surface area contributed by atoms with E-state index >= 15 is 0 Å². The molecule has 3 rings (SSSR count). The molecule has 0 amide bonds. The number of hydrogen-bond acceptors (Lipinski definition) is 6. The Labute approximate surface area is 144 Å². The molecule has 3 heterocycles. The molecule has 3 aromatic rings. The summed E-state index contributed by atoms with van der Waals surface area (Å²) >= 11 is 0. The van der Waals surface area contributed by atoms with Gasteiger partial charge in [0.05, 0.1) is 17.4 Å². The molecule has 0 bridgehead atoms. The molecule has 0 unspecified atom stereocenters. The lowest BCUT2D eigenvalue weighted by atomic mass is 10.0. The van der Waals surface area contributed by atoms with Crippen LogP contribution in [0.1, 0.15) is 24.2 Å². The molecule has 0 aromatic carbocycles. The summed E-state index contributed by atoms with van der Waals surface area (Å²) in [6.45, 7) is 3.62. The minimum Gasteiger partial charge on any atom is -0.349 e. The average Bonchev–Trinajstić information content (AvgIpc) is 2.64. The van der Waals surface area contributed by atoms with Crippen molar-refractivity contribution in [1.82, 2.24) is 19.7 Å². The largest absolute Gasteiger partial charge is 0.349 e. The number of carbonyl (C=O) groups excluding carboxylic acids is 1. The molecule has 0 radical (unpaired) electrons. The standard InChI is InChI=1S/C18H17N5O2/c1-3-23-18(25)17(21-14-7-5-9-20-11-14)15(12(2)24)16(22-23)13-6-4-8-19-10-13/h4-11,21H,3H2,1-2H3. The summed E-state index contributed by atoms with van der Waals surface area (Å²) < 4.78 is 1.33. The monoisotopic (exact) mass is 335 g/mol. The summed E-state index contributed by atoms with van der Waals surface area (Å²) in [6, 6.07) is 7.09. The van der Waals surface area contributed by atoms with Crippen LogP contribution in [0.4, 0.5) is 11.4 Å². The molecule has 0 spiro atoms. The Kier molecular flexibility index (Phi) is 4.65. The molecule has 3 aromatic heterocycles. The highest BCUT2D eigenvalue weighted by Gasteiger charge is 2.22. The Morgan fingerprint density at radius 2 is 1.88 bits per heavy atom. The number of ketones is 1. The zero-order chi connectivity index (χ0) is 17.8. The number of Topliss-reactive ketones (excluding diaryl/α,β-unsaturated/α-hetero) is 1. The van der Waals surface area contributed by atoms with E-state index in [-0.39, 0.29) is 22.6 Å². The van der Waals surface area contributed by atoms with E-state index in [1.165, 1.54) is 11.6 Å². The van der Waals surface area contributed by atoms with E-state index in [2.05, 4.69) is 20.4 Å². The quantitative estimate of drug-likeness (QED) is 0.721. The molecule has 25 heavy (non-hydrogen) atoms. The van der Waals surface area contributed by atoms with E-state index in [1.807, 2.05) is 6.92 Å². The van der Waals surface area contributed by atoms with Gasteiger partial charge >= 0.3 is 0 Å². The van der Waals surface area contributed by atoms with Crippen molar-refractivity contribution in [2.24, 2.45) is 0 Å².